The molecule has 1 amide bonds. The molecule has 0 aromatic heterocycles. The van der Waals surface area contributed by atoms with Crippen LogP contribution < -0.4 is 9.47 Å². The van der Waals surface area contributed by atoms with Crippen LogP contribution in [0.3, 0.4) is 0 Å². The highest BCUT2D eigenvalue weighted by Gasteiger charge is 2.37. The Bertz CT molecular complexity index is 531. The number of benzene rings is 1. The maximum absolute atomic E-state index is 12.3. The molecule has 4 heteroatoms. The summed E-state index contributed by atoms with van der Waals surface area (Å²) in [4.78, 5) is 14.3. The van der Waals surface area contributed by atoms with E-state index in [1.807, 2.05) is 30.0 Å². The molecule has 3 rings (SSSR count). The highest BCUT2D eigenvalue weighted by molar-refractivity contribution is 5.76. The van der Waals surface area contributed by atoms with Crippen molar-refractivity contribution in [1.29, 1.82) is 0 Å². The van der Waals surface area contributed by atoms with E-state index in [9.17, 15) is 4.79 Å². The van der Waals surface area contributed by atoms with E-state index in [0.29, 0.717) is 18.8 Å². The van der Waals surface area contributed by atoms with Gasteiger partial charge < -0.3 is 14.4 Å². The van der Waals surface area contributed by atoms with Gasteiger partial charge in [0.15, 0.2) is 11.5 Å². The number of carbonyl (C=O) groups excluding carboxylic acids is 1. The van der Waals surface area contributed by atoms with Crippen LogP contribution >= 0.6 is 0 Å². The third-order valence-electron chi connectivity index (χ3n) is 4.97. The number of carbonyl (C=O) groups is 1. The van der Waals surface area contributed by atoms with Gasteiger partial charge in [-0.2, -0.15) is 0 Å². The molecular weight excluding hydrogens is 278 g/mol. The smallest absolute Gasteiger partial charge is 0.226 e. The lowest BCUT2D eigenvalue weighted by molar-refractivity contribution is -0.131. The summed E-state index contributed by atoms with van der Waals surface area (Å²) in [5.74, 6) is 3.16. The molecule has 4 nitrogen and oxygen atoms in total. The first-order chi connectivity index (χ1) is 10.7. The quantitative estimate of drug-likeness (QED) is 0.839. The SMILES string of the molecule is COc1cc(C)ccc1OCCC(=O)N1C[C@@H]2CCC[C@H]2C1. The second kappa shape index (κ2) is 6.59. The molecule has 2 atom stereocenters. The highest BCUT2D eigenvalue weighted by atomic mass is 16.5. The van der Waals surface area contributed by atoms with Crippen molar-refractivity contribution >= 4 is 5.91 Å². The summed E-state index contributed by atoms with van der Waals surface area (Å²) in [5, 5.41) is 0. The number of methoxy groups -OCH3 is 1. The summed E-state index contributed by atoms with van der Waals surface area (Å²) in [6.45, 7) is 4.33. The molecule has 0 spiro atoms. The van der Waals surface area contributed by atoms with E-state index >= 15 is 0 Å². The number of hydrogen-bond acceptors (Lipinski definition) is 3. The number of rotatable bonds is 5. The number of hydrogen-bond donors (Lipinski definition) is 0. The van der Waals surface area contributed by atoms with Crippen molar-refractivity contribution in [2.45, 2.75) is 32.6 Å². The predicted molar refractivity (Wildman–Crippen MR) is 85.3 cm³/mol. The Kier molecular flexibility index (Phi) is 4.55. The van der Waals surface area contributed by atoms with Crippen LogP contribution in [-0.2, 0) is 4.79 Å². The number of fused-ring (bicyclic) bond motifs is 1. The fourth-order valence-corrected chi connectivity index (χ4v) is 3.74. The Hall–Kier alpha value is -1.71. The summed E-state index contributed by atoms with van der Waals surface area (Å²) in [6, 6.07) is 5.83. The van der Waals surface area contributed by atoms with E-state index in [1.165, 1.54) is 19.3 Å². The number of aryl methyl sites for hydroxylation is 1. The van der Waals surface area contributed by atoms with E-state index in [-0.39, 0.29) is 5.91 Å². The molecule has 120 valence electrons. The molecule has 1 saturated heterocycles. The van der Waals surface area contributed by atoms with Gasteiger partial charge in [-0.05, 0) is 49.3 Å². The standard InChI is InChI=1S/C18H25NO3/c1-13-6-7-16(17(10-13)21-2)22-9-8-18(20)19-11-14-4-3-5-15(14)12-19/h6-7,10,14-15H,3-5,8-9,11-12H2,1-2H3/t14-,15-/m0/s1. The van der Waals surface area contributed by atoms with Gasteiger partial charge >= 0.3 is 0 Å². The fourth-order valence-electron chi connectivity index (χ4n) is 3.74. The Morgan fingerprint density at radius 1 is 1.23 bits per heavy atom. The zero-order valence-electron chi connectivity index (χ0n) is 13.5. The molecule has 1 aliphatic carbocycles. The predicted octanol–water partition coefficient (Wildman–Crippen LogP) is 3.03. The van der Waals surface area contributed by atoms with Crippen LogP contribution in [0.1, 0.15) is 31.2 Å². The van der Waals surface area contributed by atoms with Crippen molar-refractivity contribution in [3.63, 3.8) is 0 Å². The molecule has 1 heterocycles. The van der Waals surface area contributed by atoms with Gasteiger partial charge in [-0.1, -0.05) is 12.5 Å². The molecule has 0 bridgehead atoms. The van der Waals surface area contributed by atoms with Crippen LogP contribution in [0.15, 0.2) is 18.2 Å². The van der Waals surface area contributed by atoms with Gasteiger partial charge in [0.25, 0.3) is 0 Å². The molecule has 2 fully saturated rings. The molecular formula is C18H25NO3. The number of ether oxygens (including phenoxy) is 2. The Morgan fingerprint density at radius 3 is 2.64 bits per heavy atom. The molecule has 0 unspecified atom stereocenters. The number of amides is 1. The van der Waals surface area contributed by atoms with Crippen molar-refractivity contribution in [2.75, 3.05) is 26.8 Å². The molecule has 1 aliphatic heterocycles. The van der Waals surface area contributed by atoms with E-state index in [1.54, 1.807) is 7.11 Å². The maximum atomic E-state index is 12.3. The highest BCUT2D eigenvalue weighted by Crippen LogP contribution is 2.37. The second-order valence-electron chi connectivity index (χ2n) is 6.50. The second-order valence-corrected chi connectivity index (χ2v) is 6.50. The summed E-state index contributed by atoms with van der Waals surface area (Å²) < 4.78 is 11.0. The first kappa shape index (κ1) is 15.2. The lowest BCUT2D eigenvalue weighted by Crippen LogP contribution is -2.30. The van der Waals surface area contributed by atoms with Crippen LogP contribution in [0.4, 0.5) is 0 Å². The average Bonchev–Trinajstić information content (AvgIpc) is 3.09. The topological polar surface area (TPSA) is 38.8 Å². The minimum Gasteiger partial charge on any atom is -0.493 e. The van der Waals surface area contributed by atoms with E-state index in [2.05, 4.69) is 0 Å². The van der Waals surface area contributed by atoms with Gasteiger partial charge in [0.1, 0.15) is 0 Å². The lowest BCUT2D eigenvalue weighted by Gasteiger charge is -2.18. The van der Waals surface area contributed by atoms with Crippen LogP contribution in [-0.4, -0.2) is 37.6 Å². The Labute approximate surface area is 132 Å². The van der Waals surface area contributed by atoms with Gasteiger partial charge in [-0.15, -0.1) is 0 Å². The normalized spacial score (nSPS) is 23.5. The zero-order valence-corrected chi connectivity index (χ0v) is 13.5. The van der Waals surface area contributed by atoms with Crippen LogP contribution in [0.2, 0.25) is 0 Å². The monoisotopic (exact) mass is 303 g/mol. The van der Waals surface area contributed by atoms with Gasteiger partial charge in [-0.3, -0.25) is 4.79 Å². The molecule has 1 aromatic carbocycles. The van der Waals surface area contributed by atoms with E-state index in [4.69, 9.17) is 9.47 Å². The van der Waals surface area contributed by atoms with Crippen LogP contribution in [0.25, 0.3) is 0 Å². The minimum absolute atomic E-state index is 0.223. The third-order valence-corrected chi connectivity index (χ3v) is 4.97. The first-order valence-electron chi connectivity index (χ1n) is 8.22. The van der Waals surface area contributed by atoms with Gasteiger partial charge in [0.05, 0.1) is 20.1 Å². The largest absolute Gasteiger partial charge is 0.493 e. The number of likely N-dealkylation sites (tertiary alicyclic amines) is 1. The molecule has 0 N–H and O–H groups in total. The Morgan fingerprint density at radius 2 is 1.95 bits per heavy atom. The minimum atomic E-state index is 0.223. The molecule has 0 radical (unpaired) electrons. The van der Waals surface area contributed by atoms with Gasteiger partial charge in [0, 0.05) is 13.1 Å². The van der Waals surface area contributed by atoms with E-state index < -0.39 is 0 Å². The zero-order chi connectivity index (χ0) is 15.5. The number of nitrogens with zero attached hydrogens (tertiary/aromatic N) is 1. The fraction of sp³-hybridized carbons (Fsp3) is 0.611. The maximum Gasteiger partial charge on any atom is 0.226 e. The summed E-state index contributed by atoms with van der Waals surface area (Å²) >= 11 is 0. The van der Waals surface area contributed by atoms with Crippen molar-refractivity contribution < 1.29 is 14.3 Å². The van der Waals surface area contributed by atoms with Gasteiger partial charge in [-0.25, -0.2) is 0 Å². The van der Waals surface area contributed by atoms with Crippen LogP contribution in [0, 0.1) is 18.8 Å². The summed E-state index contributed by atoms with van der Waals surface area (Å²) in [5.41, 5.74) is 1.13. The molecule has 22 heavy (non-hydrogen) atoms. The van der Waals surface area contributed by atoms with Crippen molar-refractivity contribution in [3.05, 3.63) is 23.8 Å². The van der Waals surface area contributed by atoms with Crippen molar-refractivity contribution in [3.8, 4) is 11.5 Å². The molecule has 2 aliphatic rings. The van der Waals surface area contributed by atoms with Crippen molar-refractivity contribution in [2.24, 2.45) is 11.8 Å². The van der Waals surface area contributed by atoms with E-state index in [0.717, 1.165) is 36.2 Å². The average molecular weight is 303 g/mol. The van der Waals surface area contributed by atoms with Gasteiger partial charge in [0.2, 0.25) is 5.91 Å². The molecule has 1 aromatic rings. The third kappa shape index (κ3) is 3.21. The summed E-state index contributed by atoms with van der Waals surface area (Å²) in [7, 11) is 1.63. The first-order valence-corrected chi connectivity index (χ1v) is 8.22. The Balaban J connectivity index is 1.48. The van der Waals surface area contributed by atoms with Crippen LogP contribution in [0.5, 0.6) is 11.5 Å². The molecule has 1 saturated carbocycles. The summed E-state index contributed by atoms with van der Waals surface area (Å²) in [6.07, 6.45) is 4.38. The van der Waals surface area contributed by atoms with Crippen molar-refractivity contribution in [1.82, 2.24) is 4.90 Å². The lowest BCUT2D eigenvalue weighted by atomic mass is 10.0.